The van der Waals surface area contributed by atoms with Gasteiger partial charge in [-0.05, 0) is 19.3 Å². The van der Waals surface area contributed by atoms with Gasteiger partial charge in [-0.3, -0.25) is 9.36 Å². The Hall–Kier alpha value is -0.460. The normalized spacial score (nSPS) is 18.8. The van der Waals surface area contributed by atoms with Crippen LogP contribution in [0.25, 0.3) is 0 Å². The van der Waals surface area contributed by atoms with E-state index in [9.17, 15) is 14.3 Å². The van der Waals surface area contributed by atoms with Crippen molar-refractivity contribution in [1.29, 1.82) is 0 Å². The van der Waals surface area contributed by atoms with E-state index in [0.29, 0.717) is 13.1 Å². The van der Waals surface area contributed by atoms with Gasteiger partial charge in [-0.2, -0.15) is 0 Å². The van der Waals surface area contributed by atoms with E-state index in [0.717, 1.165) is 44.9 Å². The summed E-state index contributed by atoms with van der Waals surface area (Å²) in [4.78, 5) is 25.4. The second kappa shape index (κ2) is 20.5. The van der Waals surface area contributed by atoms with E-state index in [1.807, 2.05) is 4.90 Å². The second-order valence-corrected chi connectivity index (χ2v) is 12.2. The van der Waals surface area contributed by atoms with Gasteiger partial charge in [0, 0.05) is 13.1 Å². The lowest BCUT2D eigenvalue weighted by atomic mass is 10.1. The molecule has 1 amide bonds. The van der Waals surface area contributed by atoms with E-state index in [4.69, 9.17) is 14.0 Å². The molecule has 1 aliphatic heterocycles. The molecule has 0 aromatic rings. The fraction of sp³-hybridized carbons (Fsp3) is 0.964. The van der Waals surface area contributed by atoms with Gasteiger partial charge in [-0.25, -0.2) is 0 Å². The van der Waals surface area contributed by atoms with Gasteiger partial charge in [0.1, 0.15) is 6.61 Å². The Morgan fingerprint density at radius 1 is 0.778 bits per heavy atom. The molecule has 7 nitrogen and oxygen atoms in total. The van der Waals surface area contributed by atoms with E-state index in [1.165, 1.54) is 70.6 Å². The molecule has 214 valence electrons. The number of carbonyl (C=O) groups excluding carboxylic acids is 1. The molecule has 0 aromatic carbocycles. The maximum Gasteiger partial charge on any atom is 0.353 e. The lowest BCUT2D eigenvalue weighted by Gasteiger charge is -2.26. The molecule has 1 saturated heterocycles. The molecule has 1 fully saturated rings. The molecule has 8 heteroatoms. The summed E-state index contributed by atoms with van der Waals surface area (Å²) in [5, 5.41) is 0. The number of carbonyl (C=O) groups is 1. The molecule has 1 rings (SSSR count). The molecule has 1 heterocycles. The molecule has 0 saturated carbocycles. The van der Waals surface area contributed by atoms with Crippen molar-refractivity contribution in [2.24, 2.45) is 0 Å². The van der Waals surface area contributed by atoms with Gasteiger partial charge in [0.05, 0.1) is 6.61 Å². The highest BCUT2D eigenvalue weighted by atomic mass is 31.2. The molecule has 2 unspecified atom stereocenters. The number of amides is 1. The Bertz CT molecular complexity index is 583. The van der Waals surface area contributed by atoms with Gasteiger partial charge >= 0.3 is 7.60 Å². The first-order valence-electron chi connectivity index (χ1n) is 14.9. The fourth-order valence-electron chi connectivity index (χ4n) is 4.37. The van der Waals surface area contributed by atoms with Crippen LogP contribution in [0.1, 0.15) is 136 Å². The van der Waals surface area contributed by atoms with Crippen molar-refractivity contribution < 1.29 is 28.3 Å². The summed E-state index contributed by atoms with van der Waals surface area (Å²) in [6.45, 7) is 8.32. The Balaban J connectivity index is 2.47. The van der Waals surface area contributed by atoms with Crippen LogP contribution in [0.15, 0.2) is 0 Å². The zero-order chi connectivity index (χ0) is 26.5. The minimum absolute atomic E-state index is 0.132. The Kier molecular flexibility index (Phi) is 19.1. The van der Waals surface area contributed by atoms with Crippen LogP contribution in [0.2, 0.25) is 0 Å². The van der Waals surface area contributed by atoms with Crippen molar-refractivity contribution in [2.75, 3.05) is 32.7 Å². The van der Waals surface area contributed by atoms with Gasteiger partial charge in [0.15, 0.2) is 6.35 Å². The zero-order valence-electron chi connectivity index (χ0n) is 23.6. The molecule has 0 radical (unpaired) electrons. The number of unbranched alkanes of at least 4 members (excludes halogenated alkanes) is 15. The average Bonchev–Trinajstić information content (AvgIpc) is 3.66. The van der Waals surface area contributed by atoms with Crippen LogP contribution in [0.4, 0.5) is 0 Å². The summed E-state index contributed by atoms with van der Waals surface area (Å²) in [5.41, 5.74) is 0. The van der Waals surface area contributed by atoms with Crippen LogP contribution in [0.3, 0.4) is 0 Å². The van der Waals surface area contributed by atoms with Crippen LogP contribution in [0.5, 0.6) is 0 Å². The zero-order valence-corrected chi connectivity index (χ0v) is 24.5. The predicted octanol–water partition coefficient (Wildman–Crippen LogP) is 7.80. The number of hydrogen-bond donors (Lipinski definition) is 1. The Labute approximate surface area is 221 Å². The van der Waals surface area contributed by atoms with Crippen LogP contribution >= 0.6 is 7.60 Å². The molecule has 2 atom stereocenters. The Morgan fingerprint density at radius 3 is 1.64 bits per heavy atom. The SMILES string of the molecule is CCCCCCCCOP(=O)(O)COC1(C(=O)N(CCCCCCCC)CCCCCCCC)CO1. The number of epoxide rings is 1. The molecule has 0 aromatic heterocycles. The highest BCUT2D eigenvalue weighted by molar-refractivity contribution is 7.52. The molecule has 36 heavy (non-hydrogen) atoms. The highest BCUT2D eigenvalue weighted by Crippen LogP contribution is 2.45. The van der Waals surface area contributed by atoms with Crippen molar-refractivity contribution in [3.63, 3.8) is 0 Å². The molecule has 1 N–H and O–H groups in total. The summed E-state index contributed by atoms with van der Waals surface area (Å²) < 4.78 is 28.7. The van der Waals surface area contributed by atoms with Crippen molar-refractivity contribution in [2.45, 2.75) is 142 Å². The van der Waals surface area contributed by atoms with E-state index < -0.39 is 19.7 Å². The largest absolute Gasteiger partial charge is 0.353 e. The topological polar surface area (TPSA) is 88.6 Å². The maximum absolute atomic E-state index is 13.3. The number of ether oxygens (including phenoxy) is 2. The molecule has 0 aliphatic carbocycles. The monoisotopic (exact) mass is 533 g/mol. The van der Waals surface area contributed by atoms with Gasteiger partial charge in [0.2, 0.25) is 0 Å². The van der Waals surface area contributed by atoms with Gasteiger partial charge in [-0.1, -0.05) is 117 Å². The Morgan fingerprint density at radius 2 is 1.19 bits per heavy atom. The summed E-state index contributed by atoms with van der Waals surface area (Å²) in [6, 6.07) is 0. The molecule has 1 aliphatic rings. The summed E-state index contributed by atoms with van der Waals surface area (Å²) >= 11 is 0. The fourth-order valence-corrected chi connectivity index (χ4v) is 5.23. The minimum Gasteiger partial charge on any atom is -0.338 e. The summed E-state index contributed by atoms with van der Waals surface area (Å²) in [7, 11) is -3.93. The third-order valence-corrected chi connectivity index (χ3v) is 7.88. The van der Waals surface area contributed by atoms with Crippen LogP contribution < -0.4 is 0 Å². The van der Waals surface area contributed by atoms with Crippen LogP contribution in [-0.4, -0.2) is 54.1 Å². The highest BCUT2D eigenvalue weighted by Gasteiger charge is 2.57. The second-order valence-electron chi connectivity index (χ2n) is 10.4. The van der Waals surface area contributed by atoms with E-state index in [-0.39, 0.29) is 19.1 Å². The number of nitrogens with zero attached hydrogens (tertiary/aromatic N) is 1. The molecule has 0 spiro atoms. The van der Waals surface area contributed by atoms with E-state index in [1.54, 1.807) is 0 Å². The van der Waals surface area contributed by atoms with Crippen molar-refractivity contribution in [3.05, 3.63) is 0 Å². The van der Waals surface area contributed by atoms with Crippen molar-refractivity contribution >= 4 is 13.5 Å². The summed E-state index contributed by atoms with van der Waals surface area (Å²) in [6.07, 6.45) is 19.9. The standard InChI is InChI=1S/C28H56NO6P/c1-4-7-10-13-16-19-22-29(23-20-17-14-11-8-5-2)27(30)28(25-33-28)34-26-36(31,32)35-24-21-18-15-12-9-6-3/h4-26H2,1-3H3,(H,31,32). The minimum atomic E-state index is -3.93. The maximum atomic E-state index is 13.3. The van der Waals surface area contributed by atoms with E-state index >= 15 is 0 Å². The third kappa shape index (κ3) is 15.7. The summed E-state index contributed by atoms with van der Waals surface area (Å²) in [5.74, 6) is -1.62. The number of rotatable bonds is 26. The number of hydrogen-bond acceptors (Lipinski definition) is 5. The molecular weight excluding hydrogens is 477 g/mol. The van der Waals surface area contributed by atoms with Crippen molar-refractivity contribution in [3.8, 4) is 0 Å². The first-order valence-corrected chi connectivity index (χ1v) is 16.7. The molecular formula is C28H56NO6P. The predicted molar refractivity (Wildman–Crippen MR) is 147 cm³/mol. The van der Waals surface area contributed by atoms with Gasteiger partial charge in [0.25, 0.3) is 11.7 Å². The van der Waals surface area contributed by atoms with Crippen LogP contribution in [0, 0.1) is 0 Å². The van der Waals surface area contributed by atoms with Crippen molar-refractivity contribution in [1.82, 2.24) is 4.90 Å². The first kappa shape index (κ1) is 33.6. The first-order chi connectivity index (χ1) is 17.4. The average molecular weight is 534 g/mol. The smallest absolute Gasteiger partial charge is 0.338 e. The van der Waals surface area contributed by atoms with E-state index in [2.05, 4.69) is 20.8 Å². The van der Waals surface area contributed by atoms with Gasteiger partial charge < -0.3 is 23.8 Å². The lowest BCUT2D eigenvalue weighted by Crippen LogP contribution is -2.44. The molecule has 0 bridgehead atoms. The quantitative estimate of drug-likeness (QED) is 0.0693. The van der Waals surface area contributed by atoms with Gasteiger partial charge in [-0.15, -0.1) is 0 Å². The lowest BCUT2D eigenvalue weighted by molar-refractivity contribution is -0.155. The third-order valence-electron chi connectivity index (χ3n) is 6.83. The van der Waals surface area contributed by atoms with Crippen LogP contribution in [-0.2, 0) is 23.4 Å².